The molecule has 20 heavy (non-hydrogen) atoms. The first kappa shape index (κ1) is 14.7. The molecule has 4 nitrogen and oxygen atoms in total. The Hall–Kier alpha value is -1.71. The number of carbonyl (C=O) groups is 1. The Morgan fingerprint density at radius 1 is 1.35 bits per heavy atom. The van der Waals surface area contributed by atoms with Crippen LogP contribution >= 0.6 is 0 Å². The van der Waals surface area contributed by atoms with E-state index in [1.807, 2.05) is 13.0 Å². The van der Waals surface area contributed by atoms with Gasteiger partial charge in [-0.05, 0) is 49.8 Å². The molecule has 1 atom stereocenters. The number of anilines is 2. The molecule has 1 unspecified atom stereocenters. The zero-order valence-corrected chi connectivity index (χ0v) is 12.6. The van der Waals surface area contributed by atoms with E-state index in [0.717, 1.165) is 30.3 Å². The van der Waals surface area contributed by atoms with E-state index in [-0.39, 0.29) is 5.97 Å². The van der Waals surface area contributed by atoms with Crippen molar-refractivity contribution in [1.82, 2.24) is 0 Å². The number of nitrogens with zero attached hydrogens (tertiary/aromatic N) is 1. The first-order chi connectivity index (χ1) is 9.52. The van der Waals surface area contributed by atoms with Crippen LogP contribution in [0.2, 0.25) is 0 Å². The van der Waals surface area contributed by atoms with Crippen LogP contribution in [0.4, 0.5) is 11.4 Å². The van der Waals surface area contributed by atoms with Crippen molar-refractivity contribution in [2.45, 2.75) is 33.1 Å². The molecule has 1 heterocycles. The number of nitrogens with two attached hydrogens (primary N) is 1. The smallest absolute Gasteiger partial charge is 0.340 e. The summed E-state index contributed by atoms with van der Waals surface area (Å²) in [4.78, 5) is 14.2. The SMILES string of the molecule is COC(=O)c1cc(N2CCCC(C)CC2)cc(C)c1N. The maximum absolute atomic E-state index is 11.8. The molecular formula is C16H24N2O2. The molecule has 0 radical (unpaired) electrons. The molecule has 0 aromatic heterocycles. The van der Waals surface area contributed by atoms with Crippen molar-refractivity contribution in [1.29, 1.82) is 0 Å². The van der Waals surface area contributed by atoms with Crippen LogP contribution in [0, 0.1) is 12.8 Å². The van der Waals surface area contributed by atoms with Gasteiger partial charge in [-0.15, -0.1) is 0 Å². The minimum Gasteiger partial charge on any atom is -0.465 e. The Bertz CT molecular complexity index is 499. The molecule has 0 amide bonds. The zero-order valence-electron chi connectivity index (χ0n) is 12.6. The highest BCUT2D eigenvalue weighted by atomic mass is 16.5. The van der Waals surface area contributed by atoms with Crippen molar-refractivity contribution in [2.24, 2.45) is 5.92 Å². The third kappa shape index (κ3) is 3.06. The molecule has 1 aromatic carbocycles. The van der Waals surface area contributed by atoms with Crippen LogP contribution in [0.25, 0.3) is 0 Å². The molecule has 2 N–H and O–H groups in total. The van der Waals surface area contributed by atoms with Gasteiger partial charge in [-0.25, -0.2) is 4.79 Å². The topological polar surface area (TPSA) is 55.6 Å². The fourth-order valence-electron chi connectivity index (χ4n) is 2.76. The van der Waals surface area contributed by atoms with Gasteiger partial charge in [-0.3, -0.25) is 0 Å². The first-order valence-electron chi connectivity index (χ1n) is 7.26. The summed E-state index contributed by atoms with van der Waals surface area (Å²) in [5.74, 6) is 0.408. The Balaban J connectivity index is 2.32. The Labute approximate surface area is 120 Å². The predicted molar refractivity (Wildman–Crippen MR) is 82.2 cm³/mol. The molecule has 110 valence electrons. The lowest BCUT2D eigenvalue weighted by Crippen LogP contribution is -2.25. The highest BCUT2D eigenvalue weighted by molar-refractivity contribution is 5.97. The van der Waals surface area contributed by atoms with E-state index in [0.29, 0.717) is 11.3 Å². The molecule has 2 rings (SSSR count). The number of methoxy groups -OCH3 is 1. The fraction of sp³-hybridized carbons (Fsp3) is 0.562. The fourth-order valence-corrected chi connectivity index (χ4v) is 2.76. The second-order valence-electron chi connectivity index (χ2n) is 5.74. The maximum Gasteiger partial charge on any atom is 0.340 e. The van der Waals surface area contributed by atoms with Crippen LogP contribution in [0.5, 0.6) is 0 Å². The lowest BCUT2D eigenvalue weighted by Gasteiger charge is -2.24. The van der Waals surface area contributed by atoms with Gasteiger partial charge in [0, 0.05) is 24.5 Å². The zero-order chi connectivity index (χ0) is 14.7. The summed E-state index contributed by atoms with van der Waals surface area (Å²) < 4.78 is 4.82. The summed E-state index contributed by atoms with van der Waals surface area (Å²) in [6.07, 6.45) is 3.66. The van der Waals surface area contributed by atoms with Gasteiger partial charge in [0.2, 0.25) is 0 Å². The number of hydrogen-bond acceptors (Lipinski definition) is 4. The minimum absolute atomic E-state index is 0.365. The number of ether oxygens (including phenoxy) is 1. The Kier molecular flexibility index (Phi) is 4.53. The van der Waals surface area contributed by atoms with Crippen LogP contribution < -0.4 is 10.6 Å². The van der Waals surface area contributed by atoms with Crippen molar-refractivity contribution in [3.05, 3.63) is 23.3 Å². The monoisotopic (exact) mass is 276 g/mol. The molecule has 1 fully saturated rings. The minimum atomic E-state index is -0.365. The second kappa shape index (κ2) is 6.16. The molecular weight excluding hydrogens is 252 g/mol. The van der Waals surface area contributed by atoms with Crippen molar-refractivity contribution >= 4 is 17.3 Å². The highest BCUT2D eigenvalue weighted by Crippen LogP contribution is 2.28. The average molecular weight is 276 g/mol. The maximum atomic E-state index is 11.8. The van der Waals surface area contributed by atoms with Gasteiger partial charge in [0.15, 0.2) is 0 Å². The number of hydrogen-bond donors (Lipinski definition) is 1. The summed E-state index contributed by atoms with van der Waals surface area (Å²) in [6.45, 7) is 6.31. The first-order valence-corrected chi connectivity index (χ1v) is 7.26. The van der Waals surface area contributed by atoms with Crippen molar-refractivity contribution in [3.8, 4) is 0 Å². The standard InChI is InChI=1S/C16H24N2O2/c1-11-5-4-7-18(8-6-11)13-9-12(2)15(17)14(10-13)16(19)20-3/h9-11H,4-8,17H2,1-3H3. The molecule has 1 saturated heterocycles. The number of rotatable bonds is 2. The number of nitrogen functional groups attached to an aromatic ring is 1. The van der Waals surface area contributed by atoms with E-state index in [1.54, 1.807) is 0 Å². The Morgan fingerprint density at radius 2 is 2.10 bits per heavy atom. The van der Waals surface area contributed by atoms with Gasteiger partial charge < -0.3 is 15.4 Å². The normalized spacial score (nSPS) is 19.6. The summed E-state index contributed by atoms with van der Waals surface area (Å²) >= 11 is 0. The van der Waals surface area contributed by atoms with Crippen LogP contribution in [-0.4, -0.2) is 26.2 Å². The van der Waals surface area contributed by atoms with E-state index < -0.39 is 0 Å². The van der Waals surface area contributed by atoms with Crippen molar-refractivity contribution < 1.29 is 9.53 Å². The van der Waals surface area contributed by atoms with Gasteiger partial charge in [-0.1, -0.05) is 6.92 Å². The quantitative estimate of drug-likeness (QED) is 0.666. The van der Waals surface area contributed by atoms with Crippen LogP contribution in [0.3, 0.4) is 0 Å². The van der Waals surface area contributed by atoms with Crippen LogP contribution in [0.1, 0.15) is 42.1 Å². The third-order valence-corrected chi connectivity index (χ3v) is 4.16. The summed E-state index contributed by atoms with van der Waals surface area (Å²) in [5, 5.41) is 0. The van der Waals surface area contributed by atoms with E-state index in [9.17, 15) is 4.79 Å². The number of aryl methyl sites for hydroxylation is 1. The highest BCUT2D eigenvalue weighted by Gasteiger charge is 2.18. The molecule has 1 aliphatic rings. The lowest BCUT2D eigenvalue weighted by atomic mass is 10.0. The van der Waals surface area contributed by atoms with Crippen LogP contribution in [0.15, 0.2) is 12.1 Å². The van der Waals surface area contributed by atoms with Crippen LogP contribution in [-0.2, 0) is 4.74 Å². The van der Waals surface area contributed by atoms with E-state index in [4.69, 9.17) is 10.5 Å². The van der Waals surface area contributed by atoms with Crippen molar-refractivity contribution in [3.63, 3.8) is 0 Å². The van der Waals surface area contributed by atoms with E-state index in [1.165, 1.54) is 26.4 Å². The number of benzene rings is 1. The molecule has 0 bridgehead atoms. The largest absolute Gasteiger partial charge is 0.465 e. The predicted octanol–water partition coefficient (Wildman–Crippen LogP) is 2.99. The average Bonchev–Trinajstić information content (AvgIpc) is 2.65. The molecule has 0 saturated carbocycles. The summed E-state index contributed by atoms with van der Waals surface area (Å²) in [7, 11) is 1.39. The second-order valence-corrected chi connectivity index (χ2v) is 5.74. The van der Waals surface area contributed by atoms with Gasteiger partial charge >= 0.3 is 5.97 Å². The molecule has 1 aromatic rings. The van der Waals surface area contributed by atoms with Crippen molar-refractivity contribution in [2.75, 3.05) is 30.8 Å². The molecule has 1 aliphatic heterocycles. The molecule has 0 spiro atoms. The summed E-state index contributed by atoms with van der Waals surface area (Å²) in [5.41, 5.74) is 8.99. The lowest BCUT2D eigenvalue weighted by molar-refractivity contribution is 0.0602. The van der Waals surface area contributed by atoms with E-state index in [2.05, 4.69) is 17.9 Å². The summed E-state index contributed by atoms with van der Waals surface area (Å²) in [6, 6.07) is 3.93. The molecule has 0 aliphatic carbocycles. The Morgan fingerprint density at radius 3 is 2.80 bits per heavy atom. The van der Waals surface area contributed by atoms with E-state index >= 15 is 0 Å². The number of carbonyl (C=O) groups excluding carboxylic acids is 1. The van der Waals surface area contributed by atoms with Gasteiger partial charge in [-0.2, -0.15) is 0 Å². The third-order valence-electron chi connectivity index (χ3n) is 4.16. The molecule has 4 heteroatoms. The van der Waals surface area contributed by atoms with Gasteiger partial charge in [0.1, 0.15) is 0 Å². The number of esters is 1. The van der Waals surface area contributed by atoms with Gasteiger partial charge in [0.05, 0.1) is 12.7 Å². The van der Waals surface area contributed by atoms with Gasteiger partial charge in [0.25, 0.3) is 0 Å².